The Labute approximate surface area is 102 Å². The van der Waals surface area contributed by atoms with E-state index in [1.807, 2.05) is 12.1 Å². The summed E-state index contributed by atoms with van der Waals surface area (Å²) in [5.41, 5.74) is 0.673. The first-order valence-corrected chi connectivity index (χ1v) is 6.02. The van der Waals surface area contributed by atoms with Gasteiger partial charge in [0, 0.05) is 13.1 Å². The highest BCUT2D eigenvalue weighted by atomic mass is 15.3. The monoisotopic (exact) mass is 230 g/mol. The molecule has 0 unspecified atom stereocenters. The van der Waals surface area contributed by atoms with E-state index >= 15 is 0 Å². The van der Waals surface area contributed by atoms with Crippen molar-refractivity contribution >= 4 is 5.82 Å². The van der Waals surface area contributed by atoms with Crippen molar-refractivity contribution in [2.45, 2.75) is 27.2 Å². The predicted octanol–water partition coefficient (Wildman–Crippen LogP) is 2.22. The van der Waals surface area contributed by atoms with Gasteiger partial charge >= 0.3 is 0 Å². The van der Waals surface area contributed by atoms with Crippen LogP contribution in [-0.2, 0) is 0 Å². The van der Waals surface area contributed by atoms with E-state index in [-0.39, 0.29) is 0 Å². The van der Waals surface area contributed by atoms with E-state index in [2.05, 4.69) is 35.9 Å². The molecule has 90 valence electrons. The lowest BCUT2D eigenvalue weighted by atomic mass is 9.75. The first-order valence-electron chi connectivity index (χ1n) is 6.02. The third-order valence-corrected chi connectivity index (χ3v) is 3.85. The number of rotatable bonds is 1. The third kappa shape index (κ3) is 2.38. The molecule has 2 rings (SSSR count). The molecule has 4 nitrogen and oxygen atoms in total. The van der Waals surface area contributed by atoms with Crippen LogP contribution in [0.3, 0.4) is 0 Å². The van der Waals surface area contributed by atoms with Crippen molar-refractivity contribution in [2.24, 2.45) is 11.3 Å². The van der Waals surface area contributed by atoms with Crippen LogP contribution in [0.5, 0.6) is 0 Å². The topological polar surface area (TPSA) is 52.8 Å². The fourth-order valence-electron chi connectivity index (χ4n) is 2.22. The molecule has 0 amide bonds. The molecule has 0 radical (unpaired) electrons. The lowest BCUT2D eigenvalue weighted by Crippen LogP contribution is -2.45. The normalized spacial score (nSPS) is 23.2. The predicted molar refractivity (Wildman–Crippen MR) is 66.5 cm³/mol. The van der Waals surface area contributed by atoms with Crippen molar-refractivity contribution in [1.29, 1.82) is 5.26 Å². The fourth-order valence-corrected chi connectivity index (χ4v) is 2.22. The van der Waals surface area contributed by atoms with Gasteiger partial charge in [-0.25, -0.2) is 0 Å². The summed E-state index contributed by atoms with van der Waals surface area (Å²) in [6, 6.07) is 5.60. The summed E-state index contributed by atoms with van der Waals surface area (Å²) in [7, 11) is 0. The van der Waals surface area contributed by atoms with Gasteiger partial charge in [-0.05, 0) is 29.9 Å². The zero-order valence-corrected chi connectivity index (χ0v) is 10.6. The van der Waals surface area contributed by atoms with Gasteiger partial charge in [0.05, 0.1) is 0 Å². The number of piperidine rings is 1. The van der Waals surface area contributed by atoms with E-state index in [9.17, 15) is 0 Å². The van der Waals surface area contributed by atoms with Gasteiger partial charge in [0.1, 0.15) is 6.07 Å². The molecule has 1 aliphatic rings. The molecule has 0 saturated carbocycles. The zero-order chi connectivity index (χ0) is 12.5. The molecular formula is C13H18N4. The summed E-state index contributed by atoms with van der Waals surface area (Å²) in [5.74, 6) is 1.61. The van der Waals surface area contributed by atoms with Crippen LogP contribution in [0, 0.1) is 22.7 Å². The summed E-state index contributed by atoms with van der Waals surface area (Å²) in [4.78, 5) is 2.26. The van der Waals surface area contributed by atoms with E-state index in [1.165, 1.54) is 6.42 Å². The summed E-state index contributed by atoms with van der Waals surface area (Å²) < 4.78 is 0. The number of anilines is 1. The third-order valence-electron chi connectivity index (χ3n) is 3.85. The van der Waals surface area contributed by atoms with Gasteiger partial charge in [0.2, 0.25) is 0 Å². The summed E-state index contributed by atoms with van der Waals surface area (Å²) in [6.45, 7) is 8.91. The molecule has 1 saturated heterocycles. The van der Waals surface area contributed by atoms with Crippen LogP contribution in [0.2, 0.25) is 0 Å². The number of aromatic nitrogens is 2. The fraction of sp³-hybridized carbons (Fsp3) is 0.615. The van der Waals surface area contributed by atoms with Gasteiger partial charge in [0.15, 0.2) is 11.5 Å². The highest BCUT2D eigenvalue weighted by Crippen LogP contribution is 2.35. The number of nitrogens with zero attached hydrogens (tertiary/aromatic N) is 4. The Morgan fingerprint density at radius 1 is 1.41 bits per heavy atom. The van der Waals surface area contributed by atoms with Gasteiger partial charge < -0.3 is 4.90 Å². The molecule has 2 heterocycles. The van der Waals surface area contributed by atoms with Crippen molar-refractivity contribution in [3.63, 3.8) is 0 Å². The van der Waals surface area contributed by atoms with Crippen molar-refractivity contribution < 1.29 is 0 Å². The standard InChI is InChI=1S/C13H18N4/c1-10-6-7-17(9-13(10,2)3)12-5-4-11(8-14)15-16-12/h4-5,10H,6-7,9H2,1-3H3/t10-/m1/s1. The van der Waals surface area contributed by atoms with Crippen LogP contribution in [0.15, 0.2) is 12.1 Å². The first kappa shape index (κ1) is 11.8. The van der Waals surface area contributed by atoms with E-state index in [0.717, 1.165) is 24.8 Å². The van der Waals surface area contributed by atoms with Gasteiger partial charge in [-0.1, -0.05) is 20.8 Å². The minimum atomic E-state index is 0.299. The molecule has 0 N–H and O–H groups in total. The summed E-state index contributed by atoms with van der Waals surface area (Å²) in [6.07, 6.45) is 1.18. The molecule has 0 spiro atoms. The largest absolute Gasteiger partial charge is 0.355 e. The van der Waals surface area contributed by atoms with Crippen LogP contribution in [0.25, 0.3) is 0 Å². The smallest absolute Gasteiger partial charge is 0.163 e. The Balaban J connectivity index is 2.15. The molecule has 0 bridgehead atoms. The van der Waals surface area contributed by atoms with Gasteiger partial charge in [-0.2, -0.15) is 5.26 Å². The summed E-state index contributed by atoms with van der Waals surface area (Å²) >= 11 is 0. The number of hydrogen-bond acceptors (Lipinski definition) is 4. The van der Waals surface area contributed by atoms with Crippen molar-refractivity contribution in [1.82, 2.24) is 10.2 Å². The highest BCUT2D eigenvalue weighted by Gasteiger charge is 2.33. The van der Waals surface area contributed by atoms with E-state index in [1.54, 1.807) is 6.07 Å². The second-order valence-corrected chi connectivity index (χ2v) is 5.49. The van der Waals surface area contributed by atoms with Crippen LogP contribution in [0.1, 0.15) is 32.9 Å². The van der Waals surface area contributed by atoms with Crippen molar-refractivity contribution in [3.8, 4) is 6.07 Å². The number of nitriles is 1. The highest BCUT2D eigenvalue weighted by molar-refractivity contribution is 5.39. The average molecular weight is 230 g/mol. The molecule has 0 aromatic carbocycles. The maximum atomic E-state index is 8.69. The molecule has 1 aromatic heterocycles. The number of hydrogen-bond donors (Lipinski definition) is 0. The van der Waals surface area contributed by atoms with Crippen molar-refractivity contribution in [2.75, 3.05) is 18.0 Å². The quantitative estimate of drug-likeness (QED) is 0.742. The molecule has 1 aromatic rings. The van der Waals surface area contributed by atoms with E-state index in [4.69, 9.17) is 5.26 Å². The lowest BCUT2D eigenvalue weighted by molar-refractivity contribution is 0.193. The maximum absolute atomic E-state index is 8.69. The van der Waals surface area contributed by atoms with Crippen LogP contribution >= 0.6 is 0 Å². The van der Waals surface area contributed by atoms with Crippen LogP contribution < -0.4 is 4.90 Å². The maximum Gasteiger partial charge on any atom is 0.163 e. The molecule has 0 aliphatic carbocycles. The van der Waals surface area contributed by atoms with Gasteiger partial charge in [0.25, 0.3) is 0 Å². The Morgan fingerprint density at radius 2 is 2.18 bits per heavy atom. The molecular weight excluding hydrogens is 212 g/mol. The Kier molecular flexibility index (Phi) is 3.01. The molecule has 1 aliphatic heterocycles. The van der Waals surface area contributed by atoms with Crippen molar-refractivity contribution in [3.05, 3.63) is 17.8 Å². The molecule has 17 heavy (non-hydrogen) atoms. The lowest BCUT2D eigenvalue weighted by Gasteiger charge is -2.43. The zero-order valence-electron chi connectivity index (χ0n) is 10.6. The Bertz CT molecular complexity index is 430. The summed E-state index contributed by atoms with van der Waals surface area (Å²) in [5, 5.41) is 16.7. The molecule has 4 heteroatoms. The molecule has 1 fully saturated rings. The SMILES string of the molecule is C[C@@H]1CCN(c2ccc(C#N)nn2)CC1(C)C. The van der Waals surface area contributed by atoms with E-state index < -0.39 is 0 Å². The minimum absolute atomic E-state index is 0.299. The second-order valence-electron chi connectivity index (χ2n) is 5.49. The minimum Gasteiger partial charge on any atom is -0.355 e. The van der Waals surface area contributed by atoms with Crippen LogP contribution in [0.4, 0.5) is 5.82 Å². The molecule has 1 atom stereocenters. The van der Waals surface area contributed by atoms with E-state index in [0.29, 0.717) is 11.1 Å². The Morgan fingerprint density at radius 3 is 2.71 bits per heavy atom. The van der Waals surface area contributed by atoms with Gasteiger partial charge in [-0.3, -0.25) is 0 Å². The van der Waals surface area contributed by atoms with Gasteiger partial charge in [-0.15, -0.1) is 10.2 Å². The Hall–Kier alpha value is -1.63. The second kappa shape index (κ2) is 4.33. The van der Waals surface area contributed by atoms with Crippen LogP contribution in [-0.4, -0.2) is 23.3 Å². The average Bonchev–Trinajstić information content (AvgIpc) is 2.33. The first-order chi connectivity index (χ1) is 8.03.